The predicted octanol–water partition coefficient (Wildman–Crippen LogP) is 2.74. The summed E-state index contributed by atoms with van der Waals surface area (Å²) >= 11 is 5.81. The largest absolute Gasteiger partial charge is 0.480 e. The highest BCUT2D eigenvalue weighted by atomic mass is 35.5. The van der Waals surface area contributed by atoms with Gasteiger partial charge in [0.25, 0.3) is 0 Å². The van der Waals surface area contributed by atoms with E-state index in [1.54, 1.807) is 10.9 Å². The Bertz CT molecular complexity index is 732. The Morgan fingerprint density at radius 3 is 2.62 bits per heavy atom. The van der Waals surface area contributed by atoms with Gasteiger partial charge in [0.15, 0.2) is 0 Å². The van der Waals surface area contributed by atoms with Crippen LogP contribution in [0.5, 0.6) is 0 Å². The lowest BCUT2D eigenvalue weighted by Gasteiger charge is -2.28. The van der Waals surface area contributed by atoms with Crippen molar-refractivity contribution in [2.24, 2.45) is 0 Å². The third kappa shape index (κ3) is 3.43. The summed E-state index contributed by atoms with van der Waals surface area (Å²) in [5.41, 5.74) is 0.969. The van der Waals surface area contributed by atoms with Crippen molar-refractivity contribution in [2.75, 3.05) is 0 Å². The van der Waals surface area contributed by atoms with Crippen LogP contribution < -0.4 is 0 Å². The van der Waals surface area contributed by atoms with Crippen molar-refractivity contribution in [2.45, 2.75) is 37.9 Å². The molecular weight excluding hydrogens is 330 g/mol. The van der Waals surface area contributed by atoms with Gasteiger partial charge >= 0.3 is 5.97 Å². The molecule has 1 aromatic carbocycles. The SMILES string of the molecule is O=C(O)C1CC[C@@H](c2ccccc2)N1C(=O)CCn1cc(Cl)cn1. The summed E-state index contributed by atoms with van der Waals surface area (Å²) in [7, 11) is 0. The van der Waals surface area contributed by atoms with Gasteiger partial charge in [-0.1, -0.05) is 41.9 Å². The molecule has 1 amide bonds. The molecule has 3 rings (SSSR count). The molecule has 1 unspecified atom stereocenters. The molecule has 1 fully saturated rings. The maximum absolute atomic E-state index is 12.7. The van der Waals surface area contributed by atoms with Gasteiger partial charge < -0.3 is 10.0 Å². The Hall–Kier alpha value is -2.34. The Kier molecular flexibility index (Phi) is 4.85. The Balaban J connectivity index is 1.76. The zero-order valence-electron chi connectivity index (χ0n) is 13.0. The Morgan fingerprint density at radius 1 is 1.25 bits per heavy atom. The lowest BCUT2D eigenvalue weighted by Crippen LogP contribution is -2.42. The van der Waals surface area contributed by atoms with Crippen LogP contribution in [0.25, 0.3) is 0 Å². The molecule has 1 aliphatic heterocycles. The molecule has 2 atom stereocenters. The average Bonchev–Trinajstić information content (AvgIpc) is 3.19. The van der Waals surface area contributed by atoms with E-state index >= 15 is 0 Å². The number of carbonyl (C=O) groups excluding carboxylic acids is 1. The standard InChI is InChI=1S/C17H18ClN3O3/c18-13-10-19-20(11-13)9-8-16(22)21-14(6-7-15(21)17(23)24)12-4-2-1-3-5-12/h1-5,10-11,14-15H,6-9H2,(H,23,24)/t14-,15?/m0/s1. The van der Waals surface area contributed by atoms with Crippen molar-refractivity contribution >= 4 is 23.5 Å². The first-order valence-electron chi connectivity index (χ1n) is 7.83. The van der Waals surface area contributed by atoms with Gasteiger partial charge in [-0.05, 0) is 18.4 Å². The number of aromatic nitrogens is 2. The van der Waals surface area contributed by atoms with Crippen LogP contribution in [0.3, 0.4) is 0 Å². The number of carbonyl (C=O) groups is 2. The third-order valence-corrected chi connectivity index (χ3v) is 4.49. The molecule has 24 heavy (non-hydrogen) atoms. The lowest BCUT2D eigenvalue weighted by molar-refractivity contribution is -0.149. The van der Waals surface area contributed by atoms with Crippen LogP contribution in [0.1, 0.15) is 30.9 Å². The van der Waals surface area contributed by atoms with E-state index in [9.17, 15) is 14.7 Å². The third-order valence-electron chi connectivity index (χ3n) is 4.30. The van der Waals surface area contributed by atoms with Crippen LogP contribution in [-0.2, 0) is 16.1 Å². The minimum Gasteiger partial charge on any atom is -0.480 e. The van der Waals surface area contributed by atoms with Crippen molar-refractivity contribution in [3.63, 3.8) is 0 Å². The number of hydrogen-bond donors (Lipinski definition) is 1. The molecule has 1 aromatic heterocycles. The van der Waals surface area contributed by atoms with E-state index in [2.05, 4.69) is 5.10 Å². The molecule has 1 N–H and O–H groups in total. The fourth-order valence-electron chi connectivity index (χ4n) is 3.20. The first kappa shape index (κ1) is 16.5. The maximum Gasteiger partial charge on any atom is 0.326 e. The number of aliphatic carboxylic acids is 1. The predicted molar refractivity (Wildman–Crippen MR) is 88.5 cm³/mol. The number of halogens is 1. The number of aryl methyl sites for hydroxylation is 1. The van der Waals surface area contributed by atoms with Gasteiger partial charge in [-0.25, -0.2) is 4.79 Å². The van der Waals surface area contributed by atoms with Gasteiger partial charge in [-0.2, -0.15) is 5.10 Å². The first-order valence-corrected chi connectivity index (χ1v) is 8.21. The highest BCUT2D eigenvalue weighted by Gasteiger charge is 2.41. The summed E-state index contributed by atoms with van der Waals surface area (Å²) in [6.07, 6.45) is 4.45. The first-order chi connectivity index (χ1) is 11.6. The monoisotopic (exact) mass is 347 g/mol. The minimum atomic E-state index is -0.955. The van der Waals surface area contributed by atoms with Gasteiger partial charge in [-0.15, -0.1) is 0 Å². The van der Waals surface area contributed by atoms with E-state index < -0.39 is 12.0 Å². The zero-order chi connectivity index (χ0) is 17.1. The van der Waals surface area contributed by atoms with E-state index in [0.29, 0.717) is 24.4 Å². The molecular formula is C17H18ClN3O3. The Morgan fingerprint density at radius 2 is 2.00 bits per heavy atom. The fraction of sp³-hybridized carbons (Fsp3) is 0.353. The van der Waals surface area contributed by atoms with E-state index in [1.807, 2.05) is 30.3 Å². The molecule has 2 aromatic rings. The summed E-state index contributed by atoms with van der Waals surface area (Å²) in [4.78, 5) is 25.8. The molecule has 0 spiro atoms. The normalized spacial score (nSPS) is 20.3. The lowest BCUT2D eigenvalue weighted by atomic mass is 10.0. The number of amides is 1. The summed E-state index contributed by atoms with van der Waals surface area (Å²) in [6, 6.07) is 8.60. The van der Waals surface area contributed by atoms with Crippen LogP contribution in [-0.4, -0.2) is 37.7 Å². The molecule has 1 saturated heterocycles. The molecule has 1 aliphatic rings. The molecule has 6 nitrogen and oxygen atoms in total. The second-order valence-electron chi connectivity index (χ2n) is 5.83. The highest BCUT2D eigenvalue weighted by molar-refractivity contribution is 6.30. The molecule has 0 aliphatic carbocycles. The average molecular weight is 348 g/mol. The number of carboxylic acids is 1. The Labute approximate surface area is 144 Å². The van der Waals surface area contributed by atoms with Crippen molar-refractivity contribution < 1.29 is 14.7 Å². The van der Waals surface area contributed by atoms with Crippen LogP contribution in [0.2, 0.25) is 5.02 Å². The quantitative estimate of drug-likeness (QED) is 0.902. The molecule has 7 heteroatoms. The minimum absolute atomic E-state index is 0.180. The van der Waals surface area contributed by atoms with Gasteiger partial charge in [-0.3, -0.25) is 9.48 Å². The van der Waals surface area contributed by atoms with Gasteiger partial charge in [0, 0.05) is 19.2 Å². The smallest absolute Gasteiger partial charge is 0.326 e. The number of likely N-dealkylation sites (tertiary alicyclic amines) is 1. The van der Waals surface area contributed by atoms with E-state index in [0.717, 1.165) is 5.56 Å². The van der Waals surface area contributed by atoms with Crippen LogP contribution in [0, 0.1) is 0 Å². The molecule has 2 heterocycles. The van der Waals surface area contributed by atoms with Crippen LogP contribution >= 0.6 is 11.6 Å². The van der Waals surface area contributed by atoms with E-state index in [4.69, 9.17) is 11.6 Å². The molecule has 126 valence electrons. The van der Waals surface area contributed by atoms with Crippen molar-refractivity contribution in [3.8, 4) is 0 Å². The summed E-state index contributed by atoms with van der Waals surface area (Å²) in [5, 5.41) is 14.0. The van der Waals surface area contributed by atoms with Gasteiger partial charge in [0.05, 0.1) is 17.3 Å². The fourth-order valence-corrected chi connectivity index (χ4v) is 3.36. The van der Waals surface area contributed by atoms with Gasteiger partial charge in [0.1, 0.15) is 6.04 Å². The van der Waals surface area contributed by atoms with Gasteiger partial charge in [0.2, 0.25) is 5.91 Å². The summed E-state index contributed by atoms with van der Waals surface area (Å²) < 4.78 is 1.59. The topological polar surface area (TPSA) is 75.4 Å². The summed E-state index contributed by atoms with van der Waals surface area (Å²) in [5.74, 6) is -1.13. The number of hydrogen-bond acceptors (Lipinski definition) is 3. The molecule has 0 saturated carbocycles. The number of nitrogens with zero attached hydrogens (tertiary/aromatic N) is 3. The van der Waals surface area contributed by atoms with E-state index in [-0.39, 0.29) is 18.4 Å². The highest BCUT2D eigenvalue weighted by Crippen LogP contribution is 2.36. The maximum atomic E-state index is 12.7. The van der Waals surface area contributed by atoms with Crippen molar-refractivity contribution in [1.82, 2.24) is 14.7 Å². The molecule has 0 radical (unpaired) electrons. The zero-order valence-corrected chi connectivity index (χ0v) is 13.8. The number of carboxylic acid groups (broad SMARTS) is 1. The van der Waals surface area contributed by atoms with Crippen LogP contribution in [0.4, 0.5) is 0 Å². The second-order valence-corrected chi connectivity index (χ2v) is 6.27. The van der Waals surface area contributed by atoms with Crippen LogP contribution in [0.15, 0.2) is 42.7 Å². The van der Waals surface area contributed by atoms with Crippen molar-refractivity contribution in [3.05, 3.63) is 53.3 Å². The number of benzene rings is 1. The second kappa shape index (κ2) is 7.05. The molecule has 0 bridgehead atoms. The van der Waals surface area contributed by atoms with E-state index in [1.165, 1.54) is 11.1 Å². The van der Waals surface area contributed by atoms with Crippen molar-refractivity contribution in [1.29, 1.82) is 0 Å². The summed E-state index contributed by atoms with van der Waals surface area (Å²) in [6.45, 7) is 0.371. The number of rotatable bonds is 5.